The van der Waals surface area contributed by atoms with Gasteiger partial charge in [0.25, 0.3) is 0 Å². The van der Waals surface area contributed by atoms with Gasteiger partial charge in [0.1, 0.15) is 0 Å². The van der Waals surface area contributed by atoms with Crippen LogP contribution in [0.2, 0.25) is 0 Å². The van der Waals surface area contributed by atoms with Gasteiger partial charge in [-0.2, -0.15) is 30.6 Å². The van der Waals surface area contributed by atoms with Crippen molar-refractivity contribution in [1.82, 2.24) is 9.21 Å². The lowest BCUT2D eigenvalue weighted by atomic mass is 10.0. The Morgan fingerprint density at radius 2 is 1.45 bits per heavy atom. The Bertz CT molecular complexity index is 1140. The molecule has 1 saturated heterocycles. The highest BCUT2D eigenvalue weighted by Gasteiger charge is 2.37. The third-order valence-electron chi connectivity index (χ3n) is 5.01. The molecule has 1 heterocycles. The second-order valence-corrected chi connectivity index (χ2v) is 9.11. The summed E-state index contributed by atoms with van der Waals surface area (Å²) in [5.74, 6) is -0.942. The van der Waals surface area contributed by atoms with Gasteiger partial charge in [0.05, 0.1) is 16.0 Å². The zero-order valence-corrected chi connectivity index (χ0v) is 17.7. The molecule has 0 aliphatic carbocycles. The summed E-state index contributed by atoms with van der Waals surface area (Å²) in [4.78, 5) is 13.0. The van der Waals surface area contributed by atoms with E-state index in [1.54, 1.807) is 0 Å². The molecule has 0 N–H and O–H groups in total. The van der Waals surface area contributed by atoms with Crippen molar-refractivity contribution in [2.75, 3.05) is 26.2 Å². The highest BCUT2D eigenvalue weighted by atomic mass is 32.2. The fourth-order valence-corrected chi connectivity index (χ4v) is 4.76. The summed E-state index contributed by atoms with van der Waals surface area (Å²) >= 11 is 0. The van der Waals surface area contributed by atoms with E-state index in [0.29, 0.717) is 12.1 Å². The van der Waals surface area contributed by atoms with Gasteiger partial charge in [-0.1, -0.05) is 36.4 Å². The standard InChI is InChI=1S/C21H18F6N2O3S/c22-20(23,24)16-7-4-8-17(13-16)33(31,32)29-11-9-28(10-12-29)19(30)14-18(21(25,26)27)15-5-2-1-3-6-15/h1-8,13-14H,9-12H2/b18-14+. The van der Waals surface area contributed by atoms with Gasteiger partial charge in [-0.25, -0.2) is 8.42 Å². The van der Waals surface area contributed by atoms with Crippen molar-refractivity contribution in [1.29, 1.82) is 0 Å². The number of hydrogen-bond donors (Lipinski definition) is 0. The Balaban J connectivity index is 1.75. The zero-order chi connectivity index (χ0) is 24.4. The number of rotatable bonds is 4. The summed E-state index contributed by atoms with van der Waals surface area (Å²) in [6.07, 6.45) is -9.05. The lowest BCUT2D eigenvalue weighted by molar-refractivity contribution is -0.137. The second-order valence-electron chi connectivity index (χ2n) is 7.18. The minimum atomic E-state index is -4.79. The Hall–Kier alpha value is -2.86. The van der Waals surface area contributed by atoms with Crippen molar-refractivity contribution >= 4 is 21.5 Å². The van der Waals surface area contributed by atoms with Crippen molar-refractivity contribution in [2.24, 2.45) is 0 Å². The number of sulfonamides is 1. The van der Waals surface area contributed by atoms with Crippen LogP contribution in [0.3, 0.4) is 0 Å². The molecular formula is C21H18F6N2O3S. The summed E-state index contributed by atoms with van der Waals surface area (Å²) in [6, 6.07) is 10.0. The maximum Gasteiger partial charge on any atom is 0.417 e. The molecule has 0 bridgehead atoms. The Labute approximate surface area is 186 Å². The van der Waals surface area contributed by atoms with Gasteiger partial charge in [0.2, 0.25) is 15.9 Å². The molecule has 12 heteroatoms. The molecule has 1 aliphatic heterocycles. The van der Waals surface area contributed by atoms with Gasteiger partial charge < -0.3 is 4.90 Å². The third kappa shape index (κ3) is 5.74. The summed E-state index contributed by atoms with van der Waals surface area (Å²) in [7, 11) is -4.28. The molecule has 33 heavy (non-hydrogen) atoms. The van der Waals surface area contributed by atoms with Crippen LogP contribution in [0.25, 0.3) is 5.57 Å². The number of piperazine rings is 1. The number of carbonyl (C=O) groups is 1. The molecule has 0 unspecified atom stereocenters. The second kappa shape index (κ2) is 9.18. The molecule has 0 atom stereocenters. The third-order valence-corrected chi connectivity index (χ3v) is 6.90. The first-order valence-electron chi connectivity index (χ1n) is 9.61. The minimum Gasteiger partial charge on any atom is -0.337 e. The number of amides is 1. The van der Waals surface area contributed by atoms with Crippen molar-refractivity contribution in [3.8, 4) is 0 Å². The predicted octanol–water partition coefficient (Wildman–Crippen LogP) is 4.18. The fourth-order valence-electron chi connectivity index (χ4n) is 3.29. The van der Waals surface area contributed by atoms with Crippen molar-refractivity contribution in [3.63, 3.8) is 0 Å². The van der Waals surface area contributed by atoms with Gasteiger partial charge in [-0.15, -0.1) is 0 Å². The van der Waals surface area contributed by atoms with E-state index in [0.717, 1.165) is 27.4 Å². The fraction of sp³-hybridized carbons (Fsp3) is 0.286. The van der Waals surface area contributed by atoms with Gasteiger partial charge in [-0.3, -0.25) is 4.79 Å². The summed E-state index contributed by atoms with van der Waals surface area (Å²) in [5, 5.41) is 0. The van der Waals surface area contributed by atoms with Gasteiger partial charge in [-0.05, 0) is 23.8 Å². The quantitative estimate of drug-likeness (QED) is 0.475. The zero-order valence-electron chi connectivity index (χ0n) is 16.9. The van der Waals surface area contributed by atoms with Gasteiger partial charge >= 0.3 is 12.4 Å². The van der Waals surface area contributed by atoms with E-state index in [2.05, 4.69) is 0 Å². The summed E-state index contributed by atoms with van der Waals surface area (Å²) in [5.41, 5.74) is -2.45. The minimum absolute atomic E-state index is 0.191. The van der Waals surface area contributed by atoms with E-state index in [4.69, 9.17) is 0 Å². The molecular weight excluding hydrogens is 474 g/mol. The smallest absolute Gasteiger partial charge is 0.337 e. The molecule has 0 aromatic heterocycles. The number of alkyl halides is 6. The molecule has 1 amide bonds. The normalized spacial score (nSPS) is 16.7. The average molecular weight is 492 g/mol. The first kappa shape index (κ1) is 24.8. The van der Waals surface area contributed by atoms with Crippen molar-refractivity contribution in [3.05, 3.63) is 71.8 Å². The molecule has 1 fully saturated rings. The summed E-state index contributed by atoms with van der Waals surface area (Å²) in [6.45, 7) is -0.976. The molecule has 2 aromatic carbocycles. The van der Waals surface area contributed by atoms with E-state index in [9.17, 15) is 39.6 Å². The molecule has 0 radical (unpaired) electrons. The Morgan fingerprint density at radius 1 is 0.848 bits per heavy atom. The number of allylic oxidation sites excluding steroid dienone is 1. The first-order chi connectivity index (χ1) is 15.3. The Morgan fingerprint density at radius 3 is 2.00 bits per heavy atom. The van der Waals surface area contributed by atoms with Gasteiger partial charge in [0, 0.05) is 32.3 Å². The van der Waals surface area contributed by atoms with Crippen LogP contribution in [0.5, 0.6) is 0 Å². The monoisotopic (exact) mass is 492 g/mol. The molecule has 3 rings (SSSR count). The number of carbonyl (C=O) groups excluding carboxylic acids is 1. The van der Waals surface area contributed by atoms with Crippen LogP contribution in [0.15, 0.2) is 65.6 Å². The number of benzene rings is 2. The Kier molecular flexibility index (Phi) is 6.89. The molecule has 0 spiro atoms. The molecule has 178 valence electrons. The van der Waals surface area contributed by atoms with Crippen LogP contribution in [0, 0.1) is 0 Å². The van der Waals surface area contributed by atoms with Crippen LogP contribution in [0.1, 0.15) is 11.1 Å². The topological polar surface area (TPSA) is 57.7 Å². The lowest BCUT2D eigenvalue weighted by Crippen LogP contribution is -2.50. The van der Waals surface area contributed by atoms with E-state index in [-0.39, 0.29) is 31.7 Å². The van der Waals surface area contributed by atoms with Crippen LogP contribution in [0.4, 0.5) is 26.3 Å². The van der Waals surface area contributed by atoms with Crippen LogP contribution >= 0.6 is 0 Å². The van der Waals surface area contributed by atoms with Crippen molar-refractivity contribution < 1.29 is 39.6 Å². The van der Waals surface area contributed by atoms with E-state index in [1.807, 2.05) is 0 Å². The first-order valence-corrected chi connectivity index (χ1v) is 11.0. The average Bonchev–Trinajstić information content (AvgIpc) is 2.76. The van der Waals surface area contributed by atoms with Gasteiger partial charge in [0.15, 0.2) is 0 Å². The lowest BCUT2D eigenvalue weighted by Gasteiger charge is -2.33. The molecule has 5 nitrogen and oxygen atoms in total. The van der Waals surface area contributed by atoms with E-state index >= 15 is 0 Å². The summed E-state index contributed by atoms with van der Waals surface area (Å²) < 4.78 is 105. The van der Waals surface area contributed by atoms with Crippen LogP contribution < -0.4 is 0 Å². The molecule has 1 aliphatic rings. The van der Waals surface area contributed by atoms with Crippen LogP contribution in [-0.4, -0.2) is 55.9 Å². The molecule has 0 saturated carbocycles. The maximum absolute atomic E-state index is 13.4. The predicted molar refractivity (Wildman–Crippen MR) is 107 cm³/mol. The SMILES string of the molecule is O=C(/C=C(\c1ccccc1)C(F)(F)F)N1CCN(S(=O)(=O)c2cccc(C(F)(F)F)c2)CC1. The highest BCUT2D eigenvalue weighted by Crippen LogP contribution is 2.34. The highest BCUT2D eigenvalue weighted by molar-refractivity contribution is 7.89. The van der Waals surface area contributed by atoms with E-state index < -0.39 is 44.3 Å². The molecule has 2 aromatic rings. The maximum atomic E-state index is 13.4. The number of hydrogen-bond acceptors (Lipinski definition) is 3. The van der Waals surface area contributed by atoms with E-state index in [1.165, 1.54) is 30.3 Å². The number of nitrogens with zero attached hydrogens (tertiary/aromatic N) is 2. The van der Waals surface area contributed by atoms with Crippen LogP contribution in [-0.2, 0) is 21.0 Å². The number of halogens is 6. The van der Waals surface area contributed by atoms with Crippen molar-refractivity contribution in [2.45, 2.75) is 17.2 Å². The largest absolute Gasteiger partial charge is 0.417 e.